The maximum Gasteiger partial charge on any atom is 0.418 e. The number of hydrogen-bond acceptors (Lipinski definition) is 1. The zero-order chi connectivity index (χ0) is 13.7. The summed E-state index contributed by atoms with van der Waals surface area (Å²) in [7, 11) is 0. The molecule has 2 nitrogen and oxygen atoms in total. The van der Waals surface area contributed by atoms with Crippen molar-refractivity contribution in [2.45, 2.75) is 39.9 Å². The molecule has 0 N–H and O–H groups in total. The summed E-state index contributed by atoms with van der Waals surface area (Å²) in [5.74, 6) is 0.608. The van der Waals surface area contributed by atoms with Crippen molar-refractivity contribution in [2.75, 3.05) is 0 Å². The number of imidazole rings is 1. The molecule has 2 rings (SSSR count). The zero-order valence-corrected chi connectivity index (χ0v) is 10.8. The lowest BCUT2D eigenvalue weighted by molar-refractivity contribution is -0.136. The molecule has 1 aromatic carbocycles. The van der Waals surface area contributed by atoms with E-state index in [1.165, 1.54) is 6.07 Å². The quantitative estimate of drug-likeness (QED) is 0.745. The van der Waals surface area contributed by atoms with Crippen LogP contribution in [0, 0.1) is 13.8 Å². The van der Waals surface area contributed by atoms with Crippen LogP contribution in [0.4, 0.5) is 13.2 Å². The van der Waals surface area contributed by atoms with E-state index in [1.807, 2.05) is 13.8 Å². The van der Waals surface area contributed by atoms with Crippen LogP contribution in [0.3, 0.4) is 0 Å². The van der Waals surface area contributed by atoms with E-state index in [0.29, 0.717) is 16.9 Å². The average molecular weight is 256 g/mol. The minimum absolute atomic E-state index is 0.0567. The van der Waals surface area contributed by atoms with Crippen molar-refractivity contribution >= 4 is 11.0 Å². The molecule has 0 aliphatic heterocycles. The molecule has 5 heteroatoms. The first-order chi connectivity index (χ1) is 8.21. The van der Waals surface area contributed by atoms with Gasteiger partial charge in [0.25, 0.3) is 0 Å². The molecule has 0 unspecified atom stereocenters. The Morgan fingerprint density at radius 2 is 1.78 bits per heavy atom. The molecular formula is C13H15F3N2. The molecule has 0 saturated carbocycles. The number of rotatable bonds is 1. The Bertz CT molecular complexity index is 594. The highest BCUT2D eigenvalue weighted by Gasteiger charge is 2.35. The first-order valence-electron chi connectivity index (χ1n) is 5.78. The minimum Gasteiger partial charge on any atom is -0.325 e. The Kier molecular flexibility index (Phi) is 2.87. The summed E-state index contributed by atoms with van der Waals surface area (Å²) in [6, 6.07) is 2.82. The maximum atomic E-state index is 13.1. The van der Waals surface area contributed by atoms with Gasteiger partial charge in [-0.3, -0.25) is 0 Å². The molecule has 0 saturated heterocycles. The van der Waals surface area contributed by atoms with Gasteiger partial charge in [0.05, 0.1) is 16.6 Å². The van der Waals surface area contributed by atoms with E-state index in [9.17, 15) is 13.2 Å². The highest BCUT2D eigenvalue weighted by molar-refractivity contribution is 5.81. The largest absolute Gasteiger partial charge is 0.418 e. The van der Waals surface area contributed by atoms with Crippen LogP contribution in [0.1, 0.15) is 36.8 Å². The molecule has 0 fully saturated rings. The molecule has 1 aromatic heterocycles. The van der Waals surface area contributed by atoms with E-state index in [-0.39, 0.29) is 11.6 Å². The Morgan fingerprint density at radius 3 is 2.28 bits per heavy atom. The smallest absolute Gasteiger partial charge is 0.325 e. The normalized spacial score (nSPS) is 12.7. The lowest BCUT2D eigenvalue weighted by atomic mass is 10.1. The summed E-state index contributed by atoms with van der Waals surface area (Å²) in [4.78, 5) is 4.23. The van der Waals surface area contributed by atoms with Crippen molar-refractivity contribution in [3.63, 3.8) is 0 Å². The van der Waals surface area contributed by atoms with Gasteiger partial charge < -0.3 is 4.57 Å². The first kappa shape index (κ1) is 12.9. The van der Waals surface area contributed by atoms with Crippen LogP contribution >= 0.6 is 0 Å². The molecule has 0 amide bonds. The Balaban J connectivity index is 2.92. The number of nitrogens with zero attached hydrogens (tertiary/aromatic N) is 2. The Morgan fingerprint density at radius 1 is 1.17 bits per heavy atom. The highest BCUT2D eigenvalue weighted by Crippen LogP contribution is 2.37. The van der Waals surface area contributed by atoms with Crippen LogP contribution in [0.5, 0.6) is 0 Å². The van der Waals surface area contributed by atoms with Gasteiger partial charge in [-0.05, 0) is 45.4 Å². The van der Waals surface area contributed by atoms with Gasteiger partial charge in [-0.15, -0.1) is 0 Å². The molecule has 0 aliphatic carbocycles. The summed E-state index contributed by atoms with van der Waals surface area (Å²) in [6.07, 6.45) is -4.36. The molecular weight excluding hydrogens is 241 g/mol. The number of fused-ring (bicyclic) bond motifs is 1. The molecule has 0 radical (unpaired) electrons. The summed E-state index contributed by atoms with van der Waals surface area (Å²) in [5.41, 5.74) is 0.559. The van der Waals surface area contributed by atoms with Gasteiger partial charge in [0.15, 0.2) is 0 Å². The fourth-order valence-corrected chi connectivity index (χ4v) is 2.34. The second-order valence-corrected chi connectivity index (χ2v) is 4.80. The van der Waals surface area contributed by atoms with E-state index in [2.05, 4.69) is 4.98 Å². The van der Waals surface area contributed by atoms with Crippen LogP contribution < -0.4 is 0 Å². The molecule has 0 atom stereocenters. The van der Waals surface area contributed by atoms with Gasteiger partial charge in [-0.1, -0.05) is 0 Å². The van der Waals surface area contributed by atoms with Crippen LogP contribution in [0.25, 0.3) is 11.0 Å². The summed E-state index contributed by atoms with van der Waals surface area (Å²) >= 11 is 0. The minimum atomic E-state index is -4.36. The van der Waals surface area contributed by atoms with Crippen molar-refractivity contribution in [1.82, 2.24) is 9.55 Å². The Hall–Kier alpha value is -1.52. The second kappa shape index (κ2) is 4.00. The molecule has 18 heavy (non-hydrogen) atoms. The summed E-state index contributed by atoms with van der Waals surface area (Å²) in [6.45, 7) is 7.09. The van der Waals surface area contributed by atoms with Gasteiger partial charge in [0.1, 0.15) is 5.82 Å². The monoisotopic (exact) mass is 256 g/mol. The van der Waals surface area contributed by atoms with E-state index in [4.69, 9.17) is 0 Å². The topological polar surface area (TPSA) is 17.8 Å². The maximum absolute atomic E-state index is 13.1. The summed E-state index contributed by atoms with van der Waals surface area (Å²) < 4.78 is 41.0. The van der Waals surface area contributed by atoms with Crippen LogP contribution in [-0.4, -0.2) is 9.55 Å². The van der Waals surface area contributed by atoms with Crippen molar-refractivity contribution in [1.29, 1.82) is 0 Å². The second-order valence-electron chi connectivity index (χ2n) is 4.80. The summed E-state index contributed by atoms with van der Waals surface area (Å²) in [5, 5.41) is 0. The molecule has 0 bridgehead atoms. The standard InChI is InChI=1S/C13H15F3N2/c1-7(2)18-9(4)17-11-6-8(3)5-10(12(11)18)13(14,15)16/h5-7H,1-4H3. The zero-order valence-electron chi connectivity index (χ0n) is 10.8. The number of hydrogen-bond donors (Lipinski definition) is 0. The highest BCUT2D eigenvalue weighted by atomic mass is 19.4. The van der Waals surface area contributed by atoms with Gasteiger partial charge in [-0.25, -0.2) is 4.98 Å². The molecule has 0 aliphatic rings. The van der Waals surface area contributed by atoms with Crippen LogP contribution in [0.2, 0.25) is 0 Å². The predicted molar refractivity (Wildman–Crippen MR) is 64.6 cm³/mol. The number of aromatic nitrogens is 2. The van der Waals surface area contributed by atoms with Crippen LogP contribution in [-0.2, 0) is 6.18 Å². The molecule has 0 spiro atoms. The van der Waals surface area contributed by atoms with E-state index in [1.54, 1.807) is 24.5 Å². The lowest BCUT2D eigenvalue weighted by Crippen LogP contribution is -2.11. The third-order valence-corrected chi connectivity index (χ3v) is 2.93. The van der Waals surface area contributed by atoms with Gasteiger partial charge in [0.2, 0.25) is 0 Å². The van der Waals surface area contributed by atoms with E-state index in [0.717, 1.165) is 0 Å². The average Bonchev–Trinajstić information content (AvgIpc) is 2.50. The number of alkyl halides is 3. The number of aryl methyl sites for hydroxylation is 2. The third-order valence-electron chi connectivity index (χ3n) is 2.93. The van der Waals surface area contributed by atoms with Crippen molar-refractivity contribution in [2.24, 2.45) is 0 Å². The molecule has 98 valence electrons. The fourth-order valence-electron chi connectivity index (χ4n) is 2.34. The Labute approximate surface area is 103 Å². The SMILES string of the molecule is Cc1cc(C(F)(F)F)c2c(c1)nc(C)n2C(C)C. The van der Waals surface area contributed by atoms with Crippen LogP contribution in [0.15, 0.2) is 12.1 Å². The first-order valence-corrected chi connectivity index (χ1v) is 5.78. The van der Waals surface area contributed by atoms with Gasteiger partial charge in [-0.2, -0.15) is 13.2 Å². The van der Waals surface area contributed by atoms with Crippen molar-refractivity contribution in [3.8, 4) is 0 Å². The lowest BCUT2D eigenvalue weighted by Gasteiger charge is -2.15. The molecule has 2 aromatic rings. The number of benzene rings is 1. The third kappa shape index (κ3) is 1.98. The van der Waals surface area contributed by atoms with Crippen molar-refractivity contribution < 1.29 is 13.2 Å². The van der Waals surface area contributed by atoms with E-state index >= 15 is 0 Å². The van der Waals surface area contributed by atoms with Gasteiger partial charge in [0, 0.05) is 6.04 Å². The van der Waals surface area contributed by atoms with Crippen molar-refractivity contribution in [3.05, 3.63) is 29.1 Å². The van der Waals surface area contributed by atoms with E-state index < -0.39 is 11.7 Å². The fraction of sp³-hybridized carbons (Fsp3) is 0.462. The number of halogens is 3. The van der Waals surface area contributed by atoms with Gasteiger partial charge >= 0.3 is 6.18 Å². The predicted octanol–water partition coefficient (Wildman–Crippen LogP) is 4.25. The molecule has 1 heterocycles.